The number of aliphatic hydroxyl groups is 1. The van der Waals surface area contributed by atoms with Gasteiger partial charge in [0, 0.05) is 0 Å². The van der Waals surface area contributed by atoms with E-state index in [1.54, 1.807) is 0 Å². The molecule has 0 aliphatic carbocycles. The van der Waals surface area contributed by atoms with Crippen LogP contribution in [0, 0.1) is 0 Å². The maximum Gasteiger partial charge on any atom is 0.102 e. The predicted octanol–water partition coefficient (Wildman–Crippen LogP) is 3.03. The molecular formula is C15H19NO. The molecule has 0 saturated carbocycles. The molecular weight excluding hydrogens is 210 g/mol. The molecule has 0 unspecified atom stereocenters. The molecule has 0 heterocycles. The third-order valence-electron chi connectivity index (χ3n) is 2.30. The maximum atomic E-state index is 8.14. The summed E-state index contributed by atoms with van der Waals surface area (Å²) in [5.74, 6) is 0. The van der Waals surface area contributed by atoms with E-state index in [0.29, 0.717) is 6.42 Å². The highest BCUT2D eigenvalue weighted by atomic mass is 16.3. The fourth-order valence-electron chi connectivity index (χ4n) is 1.26. The van der Waals surface area contributed by atoms with Crippen LogP contribution in [0.5, 0.6) is 0 Å². The lowest BCUT2D eigenvalue weighted by molar-refractivity contribution is 0.178. The highest BCUT2D eigenvalue weighted by Crippen LogP contribution is 2.17. The van der Waals surface area contributed by atoms with Gasteiger partial charge in [-0.05, 0) is 17.5 Å². The summed E-state index contributed by atoms with van der Waals surface area (Å²) in [6.45, 7) is 1.82. The van der Waals surface area contributed by atoms with Gasteiger partial charge in [0.05, 0.1) is 0 Å². The Kier molecular flexibility index (Phi) is 6.00. The molecule has 2 aromatic rings. The zero-order chi connectivity index (χ0) is 12.5. The van der Waals surface area contributed by atoms with Gasteiger partial charge in [-0.2, -0.15) is 0 Å². The van der Waals surface area contributed by atoms with Gasteiger partial charge in [-0.3, -0.25) is 0 Å². The molecule has 0 saturated heterocycles. The first-order chi connectivity index (χ1) is 8.24. The van der Waals surface area contributed by atoms with Crippen LogP contribution < -0.4 is 5.73 Å². The second kappa shape index (κ2) is 7.60. The van der Waals surface area contributed by atoms with Crippen LogP contribution in [0.4, 0.5) is 0 Å². The Balaban J connectivity index is 0.000000249. The minimum absolute atomic E-state index is 0.616. The smallest absolute Gasteiger partial charge is 0.102 e. The summed E-state index contributed by atoms with van der Waals surface area (Å²) in [6, 6.07) is 20.8. The van der Waals surface area contributed by atoms with E-state index in [-0.39, 0.29) is 0 Å². The molecule has 2 nitrogen and oxygen atoms in total. The fourth-order valence-corrected chi connectivity index (χ4v) is 1.26. The van der Waals surface area contributed by atoms with E-state index < -0.39 is 6.23 Å². The zero-order valence-electron chi connectivity index (χ0n) is 10.1. The van der Waals surface area contributed by atoms with Crippen molar-refractivity contribution < 1.29 is 5.11 Å². The molecule has 2 aromatic carbocycles. The largest absolute Gasteiger partial charge is 0.379 e. The zero-order valence-corrected chi connectivity index (χ0v) is 10.1. The molecule has 0 radical (unpaired) electrons. The van der Waals surface area contributed by atoms with E-state index >= 15 is 0 Å². The predicted molar refractivity (Wildman–Crippen MR) is 72.4 cm³/mol. The normalized spacial score (nSPS) is 11.2. The summed E-state index contributed by atoms with van der Waals surface area (Å²) >= 11 is 0. The van der Waals surface area contributed by atoms with Crippen molar-refractivity contribution in [3.63, 3.8) is 0 Å². The van der Waals surface area contributed by atoms with E-state index in [9.17, 15) is 0 Å². The van der Waals surface area contributed by atoms with Crippen LogP contribution in [-0.4, -0.2) is 11.3 Å². The molecule has 2 heteroatoms. The van der Waals surface area contributed by atoms with Crippen LogP contribution in [0.3, 0.4) is 0 Å². The van der Waals surface area contributed by atoms with Crippen molar-refractivity contribution in [1.29, 1.82) is 0 Å². The molecule has 0 aliphatic rings. The van der Waals surface area contributed by atoms with Crippen LogP contribution in [0.2, 0.25) is 0 Å². The Morgan fingerprint density at radius 1 is 0.882 bits per heavy atom. The topological polar surface area (TPSA) is 46.2 Å². The highest BCUT2D eigenvalue weighted by molar-refractivity contribution is 5.62. The average Bonchev–Trinajstić information content (AvgIpc) is 2.41. The van der Waals surface area contributed by atoms with Crippen molar-refractivity contribution in [2.45, 2.75) is 19.6 Å². The van der Waals surface area contributed by atoms with E-state index in [0.717, 1.165) is 0 Å². The van der Waals surface area contributed by atoms with Gasteiger partial charge in [-0.1, -0.05) is 67.6 Å². The van der Waals surface area contributed by atoms with Crippen LogP contribution in [0.1, 0.15) is 13.3 Å². The van der Waals surface area contributed by atoms with Crippen molar-refractivity contribution >= 4 is 0 Å². The van der Waals surface area contributed by atoms with Crippen molar-refractivity contribution in [3.8, 4) is 11.1 Å². The minimum Gasteiger partial charge on any atom is -0.379 e. The van der Waals surface area contributed by atoms with E-state index in [1.165, 1.54) is 11.1 Å². The number of hydrogen-bond donors (Lipinski definition) is 2. The molecule has 0 aromatic heterocycles. The minimum atomic E-state index is -0.616. The Hall–Kier alpha value is -1.64. The second-order valence-corrected chi connectivity index (χ2v) is 3.71. The summed E-state index contributed by atoms with van der Waals surface area (Å²) in [6.07, 6.45) is 0.0231. The van der Waals surface area contributed by atoms with Crippen molar-refractivity contribution in [1.82, 2.24) is 0 Å². The van der Waals surface area contributed by atoms with Crippen molar-refractivity contribution in [2.75, 3.05) is 0 Å². The van der Waals surface area contributed by atoms with Gasteiger partial charge >= 0.3 is 0 Å². The molecule has 0 amide bonds. The quantitative estimate of drug-likeness (QED) is 0.777. The molecule has 0 fully saturated rings. The summed E-state index contributed by atoms with van der Waals surface area (Å²) in [5.41, 5.74) is 7.40. The molecule has 3 N–H and O–H groups in total. The Labute approximate surface area is 103 Å². The van der Waals surface area contributed by atoms with Gasteiger partial charge in [0.15, 0.2) is 0 Å². The highest BCUT2D eigenvalue weighted by Gasteiger charge is 1.91. The summed E-state index contributed by atoms with van der Waals surface area (Å²) in [7, 11) is 0. The first kappa shape index (κ1) is 13.4. The van der Waals surface area contributed by atoms with E-state index in [2.05, 4.69) is 48.5 Å². The number of hydrogen-bond acceptors (Lipinski definition) is 2. The van der Waals surface area contributed by atoms with Crippen LogP contribution in [-0.2, 0) is 0 Å². The first-order valence-corrected chi connectivity index (χ1v) is 5.78. The lowest BCUT2D eigenvalue weighted by Crippen LogP contribution is -2.16. The monoisotopic (exact) mass is 229 g/mol. The number of rotatable bonds is 2. The Bertz CT molecular complexity index is 360. The molecule has 0 spiro atoms. The number of aliphatic hydroxyl groups excluding tert-OH is 1. The van der Waals surface area contributed by atoms with Gasteiger partial charge in [-0.15, -0.1) is 0 Å². The van der Waals surface area contributed by atoms with E-state index in [4.69, 9.17) is 10.8 Å². The SMILES string of the molecule is CC[C@H](N)O.c1ccc(-c2ccccc2)cc1. The summed E-state index contributed by atoms with van der Waals surface area (Å²) in [5, 5.41) is 8.14. The molecule has 1 atom stereocenters. The van der Waals surface area contributed by atoms with Gasteiger partial charge in [-0.25, -0.2) is 0 Å². The standard InChI is InChI=1S/C12H10.C3H9NO/c1-3-7-11(8-4-1)12-9-5-2-6-10-12;1-2-3(4)5/h1-10H;3,5H,2,4H2,1H3/t;3-/m.1/s1. The van der Waals surface area contributed by atoms with E-state index in [1.807, 2.05) is 19.1 Å². The number of benzene rings is 2. The maximum absolute atomic E-state index is 8.14. The third kappa shape index (κ3) is 5.29. The lowest BCUT2D eigenvalue weighted by atomic mass is 10.1. The van der Waals surface area contributed by atoms with Crippen LogP contribution in [0.15, 0.2) is 60.7 Å². The van der Waals surface area contributed by atoms with Gasteiger partial charge in [0.2, 0.25) is 0 Å². The fraction of sp³-hybridized carbons (Fsp3) is 0.200. The van der Waals surface area contributed by atoms with Crippen LogP contribution in [0.25, 0.3) is 11.1 Å². The third-order valence-corrected chi connectivity index (χ3v) is 2.30. The Morgan fingerprint density at radius 2 is 1.18 bits per heavy atom. The van der Waals surface area contributed by atoms with Gasteiger partial charge in [0.25, 0.3) is 0 Å². The molecule has 2 rings (SSSR count). The Morgan fingerprint density at radius 3 is 1.41 bits per heavy atom. The molecule has 17 heavy (non-hydrogen) atoms. The van der Waals surface area contributed by atoms with Gasteiger partial charge in [0.1, 0.15) is 6.23 Å². The summed E-state index contributed by atoms with van der Waals surface area (Å²) < 4.78 is 0. The lowest BCUT2D eigenvalue weighted by Gasteiger charge is -1.98. The van der Waals surface area contributed by atoms with Gasteiger partial charge < -0.3 is 10.8 Å². The van der Waals surface area contributed by atoms with Crippen LogP contribution >= 0.6 is 0 Å². The first-order valence-electron chi connectivity index (χ1n) is 5.78. The number of nitrogens with two attached hydrogens (primary N) is 1. The summed E-state index contributed by atoms with van der Waals surface area (Å²) in [4.78, 5) is 0. The van der Waals surface area contributed by atoms with Crippen molar-refractivity contribution in [2.24, 2.45) is 5.73 Å². The second-order valence-electron chi connectivity index (χ2n) is 3.71. The average molecular weight is 229 g/mol. The molecule has 0 bridgehead atoms. The molecule has 90 valence electrons. The molecule has 0 aliphatic heterocycles. The van der Waals surface area contributed by atoms with Crippen molar-refractivity contribution in [3.05, 3.63) is 60.7 Å².